The molecule has 2 aromatic rings. The van der Waals surface area contributed by atoms with Crippen LogP contribution in [0.15, 0.2) is 40.9 Å². The Morgan fingerprint density at radius 3 is 2.24 bits per heavy atom. The summed E-state index contributed by atoms with van der Waals surface area (Å²) >= 11 is 3.41. The van der Waals surface area contributed by atoms with Crippen molar-refractivity contribution in [2.24, 2.45) is 0 Å². The molecule has 0 atom stereocenters. The Bertz CT molecular complexity index is 477. The maximum atomic E-state index is 4.20. The van der Waals surface area contributed by atoms with Gasteiger partial charge in [0.15, 0.2) is 0 Å². The summed E-state index contributed by atoms with van der Waals surface area (Å²) in [6.45, 7) is 4.15. The van der Waals surface area contributed by atoms with Crippen molar-refractivity contribution < 1.29 is 0 Å². The molecule has 1 N–H and O–H groups in total. The van der Waals surface area contributed by atoms with Crippen LogP contribution in [0.2, 0.25) is 0 Å². The first-order chi connectivity index (χ1) is 8.15. The molecule has 1 aromatic carbocycles. The van der Waals surface area contributed by atoms with Crippen molar-refractivity contribution >= 4 is 21.7 Å². The molecule has 0 aliphatic heterocycles. The first-order valence-corrected chi connectivity index (χ1v) is 6.30. The third-order valence-corrected chi connectivity index (χ3v) is 2.77. The smallest absolute Gasteiger partial charge is 0.148 e. The zero-order valence-corrected chi connectivity index (χ0v) is 11.4. The topological polar surface area (TPSA) is 37.8 Å². The van der Waals surface area contributed by atoms with E-state index in [9.17, 15) is 0 Å². The fraction of sp³-hybridized carbons (Fsp3) is 0.231. The number of rotatable bonds is 3. The van der Waals surface area contributed by atoms with E-state index in [-0.39, 0.29) is 0 Å². The fourth-order valence-electron chi connectivity index (χ4n) is 1.48. The third kappa shape index (κ3) is 3.27. The van der Waals surface area contributed by atoms with E-state index < -0.39 is 0 Å². The largest absolute Gasteiger partial charge is 0.366 e. The molecule has 1 aromatic heterocycles. The lowest BCUT2D eigenvalue weighted by Gasteiger charge is -2.08. The van der Waals surface area contributed by atoms with Crippen LogP contribution in [0.4, 0.5) is 5.82 Å². The number of hydrogen-bond acceptors (Lipinski definition) is 3. The van der Waals surface area contributed by atoms with Crippen molar-refractivity contribution in [1.29, 1.82) is 0 Å². The van der Waals surface area contributed by atoms with Gasteiger partial charge in [-0.3, -0.25) is 0 Å². The lowest BCUT2D eigenvalue weighted by Crippen LogP contribution is -2.11. The normalized spacial score (nSPS) is 10.6. The van der Waals surface area contributed by atoms with Gasteiger partial charge in [0, 0.05) is 16.1 Å². The first kappa shape index (κ1) is 12.0. The second kappa shape index (κ2) is 5.27. The number of benzene rings is 1. The van der Waals surface area contributed by atoms with Crippen molar-refractivity contribution in [3.8, 4) is 11.3 Å². The first-order valence-electron chi connectivity index (χ1n) is 5.51. The summed E-state index contributed by atoms with van der Waals surface area (Å²) < 4.78 is 1.06. The lowest BCUT2D eigenvalue weighted by molar-refractivity contribution is 0.874. The van der Waals surface area contributed by atoms with E-state index in [1.807, 2.05) is 36.4 Å². The highest BCUT2D eigenvalue weighted by atomic mass is 79.9. The van der Waals surface area contributed by atoms with Crippen LogP contribution in [-0.2, 0) is 0 Å². The number of nitrogens with one attached hydrogen (secondary N) is 1. The highest BCUT2D eigenvalue weighted by Gasteiger charge is 2.01. The van der Waals surface area contributed by atoms with Gasteiger partial charge in [-0.05, 0) is 38.1 Å². The Kier molecular flexibility index (Phi) is 3.74. The SMILES string of the molecule is CC(C)Nc1ccc(-c2ccc(Br)cc2)nn1. The second-order valence-corrected chi connectivity index (χ2v) is 5.03. The summed E-state index contributed by atoms with van der Waals surface area (Å²) in [6, 6.07) is 12.3. The summed E-state index contributed by atoms with van der Waals surface area (Å²) in [5.41, 5.74) is 1.95. The van der Waals surface area contributed by atoms with Crippen LogP contribution < -0.4 is 5.32 Å². The molecule has 0 amide bonds. The summed E-state index contributed by atoms with van der Waals surface area (Å²) in [5, 5.41) is 11.6. The van der Waals surface area contributed by atoms with E-state index in [4.69, 9.17) is 0 Å². The monoisotopic (exact) mass is 291 g/mol. The molecular weight excluding hydrogens is 278 g/mol. The molecule has 2 rings (SSSR count). The minimum absolute atomic E-state index is 0.364. The van der Waals surface area contributed by atoms with Gasteiger partial charge in [-0.25, -0.2) is 0 Å². The second-order valence-electron chi connectivity index (χ2n) is 4.11. The maximum absolute atomic E-state index is 4.20. The Labute approximate surface area is 109 Å². The van der Waals surface area contributed by atoms with Gasteiger partial charge in [0.2, 0.25) is 0 Å². The Morgan fingerprint density at radius 2 is 1.71 bits per heavy atom. The number of aromatic nitrogens is 2. The molecule has 0 bridgehead atoms. The van der Waals surface area contributed by atoms with E-state index in [1.54, 1.807) is 0 Å². The zero-order chi connectivity index (χ0) is 12.3. The van der Waals surface area contributed by atoms with Crippen LogP contribution in [0.5, 0.6) is 0 Å². The molecule has 88 valence electrons. The molecule has 0 saturated heterocycles. The summed E-state index contributed by atoms with van der Waals surface area (Å²) in [7, 11) is 0. The standard InChI is InChI=1S/C13H14BrN3/c1-9(2)15-13-8-7-12(16-17-13)10-3-5-11(14)6-4-10/h3-9H,1-2H3,(H,15,17). The van der Waals surface area contributed by atoms with Gasteiger partial charge in [0.25, 0.3) is 0 Å². The van der Waals surface area contributed by atoms with E-state index >= 15 is 0 Å². The highest BCUT2D eigenvalue weighted by molar-refractivity contribution is 9.10. The molecular formula is C13H14BrN3. The minimum Gasteiger partial charge on any atom is -0.366 e. The summed E-state index contributed by atoms with van der Waals surface area (Å²) in [5.74, 6) is 0.806. The van der Waals surface area contributed by atoms with E-state index in [1.165, 1.54) is 0 Å². The molecule has 0 radical (unpaired) electrons. The quantitative estimate of drug-likeness (QED) is 0.936. The van der Waals surface area contributed by atoms with Gasteiger partial charge in [-0.2, -0.15) is 0 Å². The lowest BCUT2D eigenvalue weighted by atomic mass is 10.1. The van der Waals surface area contributed by atoms with Crippen molar-refractivity contribution in [1.82, 2.24) is 10.2 Å². The van der Waals surface area contributed by atoms with Gasteiger partial charge < -0.3 is 5.32 Å². The summed E-state index contributed by atoms with van der Waals surface area (Å²) in [6.07, 6.45) is 0. The van der Waals surface area contributed by atoms with Crippen LogP contribution in [0.3, 0.4) is 0 Å². The molecule has 0 fully saturated rings. The zero-order valence-electron chi connectivity index (χ0n) is 9.81. The van der Waals surface area contributed by atoms with Crippen molar-refractivity contribution in [2.45, 2.75) is 19.9 Å². The predicted molar refractivity (Wildman–Crippen MR) is 73.9 cm³/mol. The minimum atomic E-state index is 0.364. The molecule has 3 nitrogen and oxygen atoms in total. The van der Waals surface area contributed by atoms with Crippen LogP contribution in [0.1, 0.15) is 13.8 Å². The fourth-order valence-corrected chi connectivity index (χ4v) is 1.74. The van der Waals surface area contributed by atoms with Crippen LogP contribution in [0, 0.1) is 0 Å². The van der Waals surface area contributed by atoms with Crippen LogP contribution >= 0.6 is 15.9 Å². The molecule has 0 aliphatic carbocycles. The Hall–Kier alpha value is -1.42. The van der Waals surface area contributed by atoms with Gasteiger partial charge in [0.1, 0.15) is 5.82 Å². The van der Waals surface area contributed by atoms with Crippen LogP contribution in [0.25, 0.3) is 11.3 Å². The summed E-state index contributed by atoms with van der Waals surface area (Å²) in [4.78, 5) is 0. The van der Waals surface area contributed by atoms with Crippen molar-refractivity contribution in [2.75, 3.05) is 5.32 Å². The molecule has 0 spiro atoms. The highest BCUT2D eigenvalue weighted by Crippen LogP contribution is 2.19. The van der Waals surface area contributed by atoms with Gasteiger partial charge >= 0.3 is 0 Å². The molecule has 4 heteroatoms. The molecule has 17 heavy (non-hydrogen) atoms. The maximum Gasteiger partial charge on any atom is 0.148 e. The van der Waals surface area contributed by atoms with Crippen molar-refractivity contribution in [3.63, 3.8) is 0 Å². The average molecular weight is 292 g/mol. The van der Waals surface area contributed by atoms with E-state index in [0.29, 0.717) is 6.04 Å². The van der Waals surface area contributed by atoms with Crippen molar-refractivity contribution in [3.05, 3.63) is 40.9 Å². The molecule has 0 saturated carbocycles. The van der Waals surface area contributed by atoms with Gasteiger partial charge in [0.05, 0.1) is 5.69 Å². The number of hydrogen-bond donors (Lipinski definition) is 1. The number of halogens is 1. The van der Waals surface area contributed by atoms with E-state index in [2.05, 4.69) is 45.3 Å². The number of nitrogens with zero attached hydrogens (tertiary/aromatic N) is 2. The number of anilines is 1. The van der Waals surface area contributed by atoms with Gasteiger partial charge in [-0.15, -0.1) is 10.2 Å². The molecule has 0 unspecified atom stereocenters. The molecule has 1 heterocycles. The van der Waals surface area contributed by atoms with E-state index in [0.717, 1.165) is 21.5 Å². The predicted octanol–water partition coefficient (Wildman–Crippen LogP) is 3.73. The third-order valence-electron chi connectivity index (χ3n) is 2.24. The average Bonchev–Trinajstić information content (AvgIpc) is 2.30. The van der Waals surface area contributed by atoms with Gasteiger partial charge in [-0.1, -0.05) is 28.1 Å². The van der Waals surface area contributed by atoms with Crippen LogP contribution in [-0.4, -0.2) is 16.2 Å². The molecule has 0 aliphatic rings. The Balaban J connectivity index is 2.20. The Morgan fingerprint density at radius 1 is 1.00 bits per heavy atom.